The highest BCUT2D eigenvalue weighted by molar-refractivity contribution is 5.90. The zero-order valence-electron chi connectivity index (χ0n) is 20.6. The Kier molecular flexibility index (Phi) is 5.75. The highest BCUT2D eigenvalue weighted by Crippen LogP contribution is 2.38. The molecule has 32 heavy (non-hydrogen) atoms. The second kappa shape index (κ2) is 8.24. The lowest BCUT2D eigenvalue weighted by molar-refractivity contribution is -0.132. The summed E-state index contributed by atoms with van der Waals surface area (Å²) >= 11 is 0. The molecule has 1 aliphatic heterocycles. The van der Waals surface area contributed by atoms with Gasteiger partial charge in [0.25, 0.3) is 0 Å². The number of hydrogen-bond acceptors (Lipinski definition) is 1. The molecule has 1 fully saturated rings. The molecule has 3 aromatic carbocycles. The molecule has 4 rings (SSSR count). The first-order valence-electron chi connectivity index (χ1n) is 11.7. The van der Waals surface area contributed by atoms with Gasteiger partial charge in [0.05, 0.1) is 5.41 Å². The first kappa shape index (κ1) is 22.3. The Morgan fingerprint density at radius 3 is 2.06 bits per heavy atom. The topological polar surface area (TPSA) is 20.3 Å². The third-order valence-corrected chi connectivity index (χ3v) is 7.72. The molecule has 0 aliphatic carbocycles. The molecule has 0 N–H and O–H groups in total. The lowest BCUT2D eigenvalue weighted by atomic mass is 9.80. The Labute approximate surface area is 193 Å². The van der Waals surface area contributed by atoms with Crippen molar-refractivity contribution in [1.29, 1.82) is 0 Å². The lowest BCUT2D eigenvalue weighted by Crippen LogP contribution is -2.35. The summed E-state index contributed by atoms with van der Waals surface area (Å²) in [6.07, 6.45) is 0.859. The van der Waals surface area contributed by atoms with E-state index in [0.717, 1.165) is 18.5 Å². The van der Waals surface area contributed by atoms with E-state index in [1.165, 1.54) is 50.1 Å². The van der Waals surface area contributed by atoms with E-state index >= 15 is 0 Å². The molecule has 2 heteroatoms. The largest absolute Gasteiger partial charge is 0.338 e. The molecule has 0 saturated carbocycles. The second-order valence-electron chi connectivity index (χ2n) is 9.94. The van der Waals surface area contributed by atoms with E-state index in [2.05, 4.69) is 97.0 Å². The van der Waals surface area contributed by atoms with E-state index < -0.39 is 5.41 Å². The highest BCUT2D eigenvalue weighted by atomic mass is 16.2. The quantitative estimate of drug-likeness (QED) is 0.445. The number of likely N-dealkylation sites (tertiary alicyclic amines) is 1. The Morgan fingerprint density at radius 1 is 0.812 bits per heavy atom. The molecule has 2 nitrogen and oxygen atoms in total. The summed E-state index contributed by atoms with van der Waals surface area (Å²) in [6, 6.07) is 17.5. The van der Waals surface area contributed by atoms with Crippen molar-refractivity contribution in [3.8, 4) is 11.1 Å². The molecule has 0 aromatic heterocycles. The number of carbonyl (C=O) groups excluding carboxylic acids is 1. The number of hydrogen-bond donors (Lipinski definition) is 0. The third-order valence-electron chi connectivity index (χ3n) is 7.72. The van der Waals surface area contributed by atoms with E-state index in [1.807, 2.05) is 4.90 Å². The van der Waals surface area contributed by atoms with Crippen LogP contribution in [-0.2, 0) is 16.8 Å². The van der Waals surface area contributed by atoms with Gasteiger partial charge >= 0.3 is 0 Å². The maximum atomic E-state index is 13.5. The molecular formula is C30H35NO. The van der Waals surface area contributed by atoms with Gasteiger partial charge in [0.2, 0.25) is 5.91 Å². The smallest absolute Gasteiger partial charge is 0.233 e. The van der Waals surface area contributed by atoms with Gasteiger partial charge in [-0.1, -0.05) is 54.1 Å². The molecule has 3 aromatic rings. The van der Waals surface area contributed by atoms with Crippen LogP contribution in [0.15, 0.2) is 48.5 Å². The predicted molar refractivity (Wildman–Crippen MR) is 134 cm³/mol. The van der Waals surface area contributed by atoms with Gasteiger partial charge < -0.3 is 4.90 Å². The van der Waals surface area contributed by atoms with Crippen molar-refractivity contribution in [3.05, 3.63) is 93.0 Å². The monoisotopic (exact) mass is 425 g/mol. The van der Waals surface area contributed by atoms with E-state index in [4.69, 9.17) is 0 Å². The fraction of sp³-hybridized carbons (Fsp3) is 0.367. The Hall–Kier alpha value is -2.87. The zero-order valence-corrected chi connectivity index (χ0v) is 20.6. The van der Waals surface area contributed by atoms with Crippen molar-refractivity contribution in [2.75, 3.05) is 6.54 Å². The zero-order chi connectivity index (χ0) is 23.2. The van der Waals surface area contributed by atoms with Crippen molar-refractivity contribution in [1.82, 2.24) is 4.90 Å². The number of amides is 1. The van der Waals surface area contributed by atoms with Crippen LogP contribution in [0.1, 0.15) is 57.9 Å². The van der Waals surface area contributed by atoms with Crippen LogP contribution in [0.25, 0.3) is 11.1 Å². The molecule has 0 spiro atoms. The van der Waals surface area contributed by atoms with E-state index in [0.29, 0.717) is 6.54 Å². The Balaban J connectivity index is 1.58. The fourth-order valence-corrected chi connectivity index (χ4v) is 5.27. The summed E-state index contributed by atoms with van der Waals surface area (Å²) in [5, 5.41) is 0. The standard InChI is InChI=1S/C30H35NO/c1-19-16-21(3)28(22(4)17-19)18-31-15-14-30(7,29(31)32)26-11-9-25(10-12-26)27-13-8-20(2)23(5)24(27)6/h8-13,16-17H,14-15,18H2,1-7H3/t30-/m0/s1. The average molecular weight is 426 g/mol. The van der Waals surface area contributed by atoms with Gasteiger partial charge in [-0.3, -0.25) is 4.79 Å². The van der Waals surface area contributed by atoms with E-state index in [-0.39, 0.29) is 5.91 Å². The van der Waals surface area contributed by atoms with Crippen LogP contribution >= 0.6 is 0 Å². The molecule has 0 radical (unpaired) electrons. The van der Waals surface area contributed by atoms with Gasteiger partial charge in [0.15, 0.2) is 0 Å². The molecular weight excluding hydrogens is 390 g/mol. The van der Waals surface area contributed by atoms with Crippen molar-refractivity contribution >= 4 is 5.91 Å². The maximum Gasteiger partial charge on any atom is 0.233 e. The van der Waals surface area contributed by atoms with Crippen molar-refractivity contribution in [2.24, 2.45) is 0 Å². The SMILES string of the molecule is Cc1cc(C)c(CN2CC[C@@](C)(c3ccc(-c4ccc(C)c(C)c4C)cc3)C2=O)c(C)c1. The van der Waals surface area contributed by atoms with Gasteiger partial charge in [-0.2, -0.15) is 0 Å². The maximum absolute atomic E-state index is 13.5. The van der Waals surface area contributed by atoms with Gasteiger partial charge in [0.1, 0.15) is 0 Å². The van der Waals surface area contributed by atoms with Crippen LogP contribution in [0.5, 0.6) is 0 Å². The summed E-state index contributed by atoms with van der Waals surface area (Å²) in [5.41, 5.74) is 12.3. The van der Waals surface area contributed by atoms with Crippen LogP contribution in [0.2, 0.25) is 0 Å². The van der Waals surface area contributed by atoms with Crippen LogP contribution in [0.3, 0.4) is 0 Å². The predicted octanol–water partition coefficient (Wildman–Crippen LogP) is 6.89. The highest BCUT2D eigenvalue weighted by Gasteiger charge is 2.44. The normalized spacial score (nSPS) is 18.5. The summed E-state index contributed by atoms with van der Waals surface area (Å²) in [6.45, 7) is 16.6. The van der Waals surface area contributed by atoms with Gasteiger partial charge in [0, 0.05) is 13.1 Å². The summed E-state index contributed by atoms with van der Waals surface area (Å²) in [4.78, 5) is 15.6. The summed E-state index contributed by atoms with van der Waals surface area (Å²) < 4.78 is 0. The van der Waals surface area contributed by atoms with Crippen LogP contribution in [0, 0.1) is 41.5 Å². The van der Waals surface area contributed by atoms with Crippen molar-refractivity contribution in [2.45, 2.75) is 66.8 Å². The molecule has 0 unspecified atom stereocenters. The molecule has 1 saturated heterocycles. The van der Waals surface area contributed by atoms with Gasteiger partial charge in [-0.05, 0) is 105 Å². The van der Waals surface area contributed by atoms with E-state index in [9.17, 15) is 4.79 Å². The molecule has 1 heterocycles. The molecule has 1 amide bonds. The van der Waals surface area contributed by atoms with Crippen molar-refractivity contribution < 1.29 is 4.79 Å². The van der Waals surface area contributed by atoms with Gasteiger partial charge in [-0.25, -0.2) is 0 Å². The minimum Gasteiger partial charge on any atom is -0.338 e. The molecule has 1 aliphatic rings. The third kappa shape index (κ3) is 3.77. The van der Waals surface area contributed by atoms with E-state index in [1.54, 1.807) is 0 Å². The van der Waals surface area contributed by atoms with Crippen molar-refractivity contribution in [3.63, 3.8) is 0 Å². The molecule has 1 atom stereocenters. The number of nitrogens with zero attached hydrogens (tertiary/aromatic N) is 1. The van der Waals surface area contributed by atoms with Crippen LogP contribution in [0.4, 0.5) is 0 Å². The van der Waals surface area contributed by atoms with Gasteiger partial charge in [-0.15, -0.1) is 0 Å². The first-order chi connectivity index (χ1) is 15.1. The number of carbonyl (C=O) groups is 1. The average Bonchev–Trinajstić information content (AvgIpc) is 3.04. The summed E-state index contributed by atoms with van der Waals surface area (Å²) in [7, 11) is 0. The van der Waals surface area contributed by atoms with Crippen LogP contribution < -0.4 is 0 Å². The number of aryl methyl sites for hydroxylation is 4. The van der Waals surface area contributed by atoms with Crippen LogP contribution in [-0.4, -0.2) is 17.4 Å². The number of benzene rings is 3. The minimum absolute atomic E-state index is 0.243. The molecule has 0 bridgehead atoms. The number of rotatable bonds is 4. The second-order valence-corrected chi connectivity index (χ2v) is 9.94. The molecule has 166 valence electrons. The Bertz CT molecular complexity index is 1170. The Morgan fingerprint density at radius 2 is 1.44 bits per heavy atom. The lowest BCUT2D eigenvalue weighted by Gasteiger charge is -2.25. The fourth-order valence-electron chi connectivity index (χ4n) is 5.27. The minimum atomic E-state index is -0.455. The summed E-state index contributed by atoms with van der Waals surface area (Å²) in [5.74, 6) is 0.243. The first-order valence-corrected chi connectivity index (χ1v) is 11.7.